The number of hydrogen-bond acceptors (Lipinski definition) is 5. The van der Waals surface area contributed by atoms with Crippen LogP contribution in [0.15, 0.2) is 30.5 Å². The third kappa shape index (κ3) is 5.89. The molecule has 0 radical (unpaired) electrons. The van der Waals surface area contributed by atoms with Crippen LogP contribution >= 0.6 is 0 Å². The third-order valence-corrected chi connectivity index (χ3v) is 4.63. The minimum Gasteiger partial charge on any atom is -0.444 e. The highest BCUT2D eigenvalue weighted by atomic mass is 16.6. The maximum Gasteiger partial charge on any atom is 0.410 e. The summed E-state index contributed by atoms with van der Waals surface area (Å²) in [6, 6.07) is 8.01. The first-order valence-electron chi connectivity index (χ1n) is 9.67. The van der Waals surface area contributed by atoms with Gasteiger partial charge in [-0.3, -0.25) is 0 Å². The Hall–Kier alpha value is -2.21. The van der Waals surface area contributed by atoms with E-state index < -0.39 is 5.60 Å². The van der Waals surface area contributed by atoms with Crippen molar-refractivity contribution in [3.8, 4) is 0 Å². The summed E-state index contributed by atoms with van der Waals surface area (Å²) in [5, 5.41) is 1.05. The summed E-state index contributed by atoms with van der Waals surface area (Å²) in [5.41, 5.74) is 1.34. The zero-order chi connectivity index (χ0) is 19.3. The van der Waals surface area contributed by atoms with Gasteiger partial charge in [0.05, 0.1) is 6.61 Å². The molecule has 6 nitrogen and oxygen atoms in total. The fraction of sp³-hybridized carbons (Fsp3) is 0.571. The summed E-state index contributed by atoms with van der Waals surface area (Å²) < 4.78 is 11.2. The molecule has 1 fully saturated rings. The molecule has 27 heavy (non-hydrogen) atoms. The molecule has 1 saturated heterocycles. The lowest BCUT2D eigenvalue weighted by Gasteiger charge is -2.24. The van der Waals surface area contributed by atoms with E-state index in [1.165, 1.54) is 0 Å². The van der Waals surface area contributed by atoms with Gasteiger partial charge in [0.2, 0.25) is 0 Å². The van der Waals surface area contributed by atoms with Crippen molar-refractivity contribution < 1.29 is 14.3 Å². The number of amides is 1. The van der Waals surface area contributed by atoms with Crippen LogP contribution in [-0.4, -0.2) is 52.9 Å². The van der Waals surface area contributed by atoms with Crippen molar-refractivity contribution in [2.45, 2.75) is 45.6 Å². The number of aromatic nitrogens is 2. The van der Waals surface area contributed by atoms with Crippen LogP contribution in [0.3, 0.4) is 0 Å². The Labute approximate surface area is 160 Å². The number of carbonyl (C=O) groups is 1. The Morgan fingerprint density at radius 2 is 2.11 bits per heavy atom. The molecule has 0 N–H and O–H groups in total. The van der Waals surface area contributed by atoms with Gasteiger partial charge in [-0.1, -0.05) is 0 Å². The van der Waals surface area contributed by atoms with Gasteiger partial charge >= 0.3 is 6.09 Å². The molecular formula is C21H29N3O3. The number of fused-ring (bicyclic) bond motifs is 1. The predicted molar refractivity (Wildman–Crippen MR) is 105 cm³/mol. The van der Waals surface area contributed by atoms with E-state index in [-0.39, 0.29) is 6.09 Å². The molecule has 0 aromatic carbocycles. The average Bonchev–Trinajstić information content (AvgIpc) is 3.09. The molecule has 1 amide bonds. The van der Waals surface area contributed by atoms with Crippen LogP contribution in [0.5, 0.6) is 0 Å². The van der Waals surface area contributed by atoms with Crippen LogP contribution in [0.25, 0.3) is 11.0 Å². The fourth-order valence-electron chi connectivity index (χ4n) is 3.22. The highest BCUT2D eigenvalue weighted by Gasteiger charge is 2.29. The van der Waals surface area contributed by atoms with Gasteiger partial charge in [0.1, 0.15) is 5.60 Å². The number of rotatable bonds is 6. The Kier molecular flexibility index (Phi) is 6.26. The van der Waals surface area contributed by atoms with Gasteiger partial charge in [-0.15, -0.1) is 0 Å². The van der Waals surface area contributed by atoms with E-state index in [0.717, 1.165) is 49.1 Å². The zero-order valence-electron chi connectivity index (χ0n) is 16.5. The monoisotopic (exact) mass is 371 g/mol. The highest BCUT2D eigenvalue weighted by molar-refractivity contribution is 5.74. The summed E-state index contributed by atoms with van der Waals surface area (Å²) in [6.45, 7) is 8.57. The minimum atomic E-state index is -0.440. The van der Waals surface area contributed by atoms with E-state index in [0.29, 0.717) is 19.1 Å². The third-order valence-electron chi connectivity index (χ3n) is 4.63. The van der Waals surface area contributed by atoms with Gasteiger partial charge in [-0.25, -0.2) is 14.8 Å². The number of likely N-dealkylation sites (tertiary alicyclic amines) is 1. The summed E-state index contributed by atoms with van der Waals surface area (Å²) in [5.74, 6) is 0.487. The molecule has 1 atom stereocenters. The molecular weight excluding hydrogens is 342 g/mol. The second-order valence-electron chi connectivity index (χ2n) is 8.08. The van der Waals surface area contributed by atoms with E-state index in [9.17, 15) is 4.79 Å². The molecule has 6 heteroatoms. The van der Waals surface area contributed by atoms with E-state index in [2.05, 4.69) is 16.0 Å². The number of pyridine rings is 2. The van der Waals surface area contributed by atoms with Crippen molar-refractivity contribution in [2.75, 3.05) is 26.3 Å². The normalized spacial score (nSPS) is 17.4. The second kappa shape index (κ2) is 8.65. The Bertz CT molecular complexity index is 773. The van der Waals surface area contributed by atoms with Gasteiger partial charge in [-0.2, -0.15) is 0 Å². The van der Waals surface area contributed by atoms with Gasteiger partial charge in [0.25, 0.3) is 0 Å². The van der Waals surface area contributed by atoms with Crippen LogP contribution in [-0.2, 0) is 15.9 Å². The topological polar surface area (TPSA) is 64.5 Å². The quantitative estimate of drug-likeness (QED) is 0.722. The maximum absolute atomic E-state index is 12.1. The molecule has 1 unspecified atom stereocenters. The SMILES string of the molecule is CC(C)(C)OC(=O)N1CCC(CCOCCc2ccc3cccnc3n2)C1. The smallest absolute Gasteiger partial charge is 0.410 e. The van der Waals surface area contributed by atoms with Gasteiger partial charge in [0.15, 0.2) is 5.65 Å². The van der Waals surface area contributed by atoms with Crippen molar-refractivity contribution in [3.05, 3.63) is 36.2 Å². The van der Waals surface area contributed by atoms with Crippen molar-refractivity contribution in [1.29, 1.82) is 0 Å². The standard InChI is InChI=1S/C21H29N3O3/c1-21(2,3)27-20(25)24-12-8-16(15-24)9-13-26-14-10-18-7-6-17-5-4-11-22-19(17)23-18/h4-7,11,16H,8-10,12-15H2,1-3H3. The maximum atomic E-state index is 12.1. The minimum absolute atomic E-state index is 0.207. The summed E-state index contributed by atoms with van der Waals surface area (Å²) in [4.78, 5) is 22.7. The number of hydrogen-bond donors (Lipinski definition) is 0. The van der Waals surface area contributed by atoms with Crippen molar-refractivity contribution in [3.63, 3.8) is 0 Å². The Morgan fingerprint density at radius 1 is 1.26 bits per heavy atom. The largest absolute Gasteiger partial charge is 0.444 e. The first-order chi connectivity index (χ1) is 12.9. The Balaban J connectivity index is 1.34. The molecule has 0 saturated carbocycles. The van der Waals surface area contributed by atoms with E-state index in [4.69, 9.17) is 9.47 Å². The molecule has 0 aliphatic carbocycles. The summed E-state index contributed by atoms with van der Waals surface area (Å²) in [7, 11) is 0. The van der Waals surface area contributed by atoms with Crippen LogP contribution < -0.4 is 0 Å². The number of carbonyl (C=O) groups excluding carboxylic acids is 1. The first-order valence-corrected chi connectivity index (χ1v) is 9.67. The molecule has 1 aliphatic rings. The molecule has 2 aromatic heterocycles. The highest BCUT2D eigenvalue weighted by Crippen LogP contribution is 2.22. The fourth-order valence-corrected chi connectivity index (χ4v) is 3.22. The lowest BCUT2D eigenvalue weighted by atomic mass is 10.1. The predicted octanol–water partition coefficient (Wildman–Crippen LogP) is 3.84. The van der Waals surface area contributed by atoms with Crippen molar-refractivity contribution >= 4 is 17.1 Å². The van der Waals surface area contributed by atoms with E-state index >= 15 is 0 Å². The summed E-state index contributed by atoms with van der Waals surface area (Å²) in [6.07, 6.45) is 4.31. The molecule has 0 bridgehead atoms. The molecule has 3 rings (SSSR count). The average molecular weight is 371 g/mol. The molecule has 146 valence electrons. The number of ether oxygens (including phenoxy) is 2. The number of nitrogens with zero attached hydrogens (tertiary/aromatic N) is 3. The lowest BCUT2D eigenvalue weighted by Crippen LogP contribution is -2.35. The summed E-state index contributed by atoms with van der Waals surface area (Å²) >= 11 is 0. The van der Waals surface area contributed by atoms with Gasteiger partial charge < -0.3 is 14.4 Å². The molecule has 0 spiro atoms. The molecule has 1 aliphatic heterocycles. The lowest BCUT2D eigenvalue weighted by molar-refractivity contribution is 0.0284. The Morgan fingerprint density at radius 3 is 2.93 bits per heavy atom. The van der Waals surface area contributed by atoms with E-state index in [1.54, 1.807) is 6.20 Å². The van der Waals surface area contributed by atoms with Gasteiger partial charge in [0, 0.05) is 43.4 Å². The first kappa shape index (κ1) is 19.5. The van der Waals surface area contributed by atoms with E-state index in [1.807, 2.05) is 43.9 Å². The van der Waals surface area contributed by atoms with Gasteiger partial charge in [-0.05, 0) is 63.8 Å². The zero-order valence-corrected chi connectivity index (χ0v) is 16.5. The van der Waals surface area contributed by atoms with Crippen molar-refractivity contribution in [1.82, 2.24) is 14.9 Å². The van der Waals surface area contributed by atoms with Crippen LogP contribution in [0.2, 0.25) is 0 Å². The van der Waals surface area contributed by atoms with Crippen LogP contribution in [0, 0.1) is 5.92 Å². The molecule has 3 heterocycles. The van der Waals surface area contributed by atoms with Crippen molar-refractivity contribution in [2.24, 2.45) is 5.92 Å². The second-order valence-corrected chi connectivity index (χ2v) is 8.08. The molecule has 2 aromatic rings. The van der Waals surface area contributed by atoms with Crippen LogP contribution in [0.4, 0.5) is 4.79 Å². The van der Waals surface area contributed by atoms with Crippen LogP contribution in [0.1, 0.15) is 39.3 Å².